The van der Waals surface area contributed by atoms with Crippen LogP contribution < -0.4 is 25.4 Å². The van der Waals surface area contributed by atoms with Gasteiger partial charge in [0.2, 0.25) is 0 Å². The van der Waals surface area contributed by atoms with Gasteiger partial charge >= 0.3 is 6.03 Å². The fourth-order valence-corrected chi connectivity index (χ4v) is 3.83. The van der Waals surface area contributed by atoms with Gasteiger partial charge in [0.25, 0.3) is 11.6 Å². The number of methoxy groups -OCH3 is 1. The average molecular weight is 489 g/mol. The van der Waals surface area contributed by atoms with Gasteiger partial charge in [-0.25, -0.2) is 4.79 Å². The summed E-state index contributed by atoms with van der Waals surface area (Å²) in [6.07, 6.45) is 0. The fourth-order valence-electron chi connectivity index (χ4n) is 3.83. The van der Waals surface area contributed by atoms with Gasteiger partial charge in [0.1, 0.15) is 6.61 Å². The second-order valence-corrected chi connectivity index (χ2v) is 8.01. The Bertz CT molecular complexity index is 1320. The molecule has 4 rings (SSSR count). The van der Waals surface area contributed by atoms with Crippen molar-refractivity contribution < 1.29 is 24.0 Å². The standard InChI is InChI=1S/C26H24N4O6/c1-16-23(25(31)28-19-9-11-20(12-10-19)30(33)34)24(29-26(32)27-16)18-8-13-21(22(14-18)35-2)36-15-17-6-4-3-5-7-17/h3-14,24H,15H2,1-2H3,(H,28,31)(H2,27,29,32)/t24-/m1/s1. The summed E-state index contributed by atoms with van der Waals surface area (Å²) < 4.78 is 11.4. The van der Waals surface area contributed by atoms with Crippen molar-refractivity contribution in [2.45, 2.75) is 19.6 Å². The number of benzene rings is 3. The smallest absolute Gasteiger partial charge is 0.319 e. The zero-order valence-electron chi connectivity index (χ0n) is 19.6. The number of rotatable bonds is 8. The van der Waals surface area contributed by atoms with Crippen molar-refractivity contribution in [3.63, 3.8) is 0 Å². The molecule has 0 spiro atoms. The lowest BCUT2D eigenvalue weighted by atomic mass is 9.94. The van der Waals surface area contributed by atoms with E-state index in [0.717, 1.165) is 5.56 Å². The summed E-state index contributed by atoms with van der Waals surface area (Å²) in [4.78, 5) is 35.8. The van der Waals surface area contributed by atoms with Gasteiger partial charge in [-0.15, -0.1) is 0 Å². The zero-order valence-corrected chi connectivity index (χ0v) is 19.6. The van der Waals surface area contributed by atoms with Crippen LogP contribution in [0, 0.1) is 10.1 Å². The van der Waals surface area contributed by atoms with E-state index in [1.807, 2.05) is 30.3 Å². The molecule has 36 heavy (non-hydrogen) atoms. The molecule has 10 nitrogen and oxygen atoms in total. The Morgan fingerprint density at radius 1 is 1.06 bits per heavy atom. The predicted octanol–water partition coefficient (Wildman–Crippen LogP) is 4.45. The molecule has 0 fully saturated rings. The van der Waals surface area contributed by atoms with Crippen LogP contribution in [0.5, 0.6) is 11.5 Å². The van der Waals surface area contributed by atoms with E-state index >= 15 is 0 Å². The lowest BCUT2D eigenvalue weighted by molar-refractivity contribution is -0.384. The van der Waals surface area contributed by atoms with Crippen molar-refractivity contribution in [2.24, 2.45) is 0 Å². The number of carbonyl (C=O) groups excluding carboxylic acids is 2. The average Bonchev–Trinajstić information content (AvgIpc) is 2.87. The number of nitrogens with one attached hydrogen (secondary N) is 3. The maximum Gasteiger partial charge on any atom is 0.319 e. The van der Waals surface area contributed by atoms with Gasteiger partial charge in [-0.3, -0.25) is 14.9 Å². The van der Waals surface area contributed by atoms with Crippen LogP contribution in [0.2, 0.25) is 0 Å². The lowest BCUT2D eigenvalue weighted by Crippen LogP contribution is -2.46. The van der Waals surface area contributed by atoms with Crippen LogP contribution in [0.25, 0.3) is 0 Å². The number of non-ortho nitro benzene ring substituents is 1. The molecule has 0 saturated carbocycles. The highest BCUT2D eigenvalue weighted by Gasteiger charge is 2.32. The van der Waals surface area contributed by atoms with Crippen LogP contribution in [0.15, 0.2) is 84.1 Å². The van der Waals surface area contributed by atoms with Gasteiger partial charge in [-0.05, 0) is 42.3 Å². The number of hydrogen-bond donors (Lipinski definition) is 3. The van der Waals surface area contributed by atoms with Crippen molar-refractivity contribution in [3.8, 4) is 11.5 Å². The minimum atomic E-state index is -0.770. The molecule has 1 atom stereocenters. The number of nitro benzene ring substituents is 1. The van der Waals surface area contributed by atoms with Crippen molar-refractivity contribution in [2.75, 3.05) is 12.4 Å². The molecule has 184 valence electrons. The quantitative estimate of drug-likeness (QED) is 0.317. The van der Waals surface area contributed by atoms with E-state index in [1.54, 1.807) is 25.1 Å². The predicted molar refractivity (Wildman–Crippen MR) is 133 cm³/mol. The van der Waals surface area contributed by atoms with E-state index < -0.39 is 22.9 Å². The minimum Gasteiger partial charge on any atom is -0.493 e. The molecule has 10 heteroatoms. The Labute approximate surface area is 207 Å². The molecule has 1 aliphatic rings. The van der Waals surface area contributed by atoms with E-state index in [4.69, 9.17) is 9.47 Å². The van der Waals surface area contributed by atoms with E-state index in [-0.39, 0.29) is 11.3 Å². The van der Waals surface area contributed by atoms with Gasteiger partial charge in [-0.2, -0.15) is 0 Å². The third kappa shape index (κ3) is 5.44. The van der Waals surface area contributed by atoms with Crippen molar-refractivity contribution >= 4 is 23.3 Å². The summed E-state index contributed by atoms with van der Waals surface area (Å²) >= 11 is 0. The largest absolute Gasteiger partial charge is 0.493 e. The molecule has 3 amide bonds. The number of urea groups is 1. The molecular formula is C26H24N4O6. The normalized spacial score (nSPS) is 14.9. The first-order chi connectivity index (χ1) is 17.4. The molecule has 0 aliphatic carbocycles. The number of amides is 3. The molecule has 1 heterocycles. The maximum absolute atomic E-state index is 13.2. The van der Waals surface area contributed by atoms with E-state index in [2.05, 4.69) is 16.0 Å². The first kappa shape index (κ1) is 24.3. The number of nitrogens with zero attached hydrogens (tertiary/aromatic N) is 1. The summed E-state index contributed by atoms with van der Waals surface area (Å²) in [6, 6.07) is 19.1. The number of allylic oxidation sites excluding steroid dienone is 1. The van der Waals surface area contributed by atoms with Crippen molar-refractivity contribution in [3.05, 3.63) is 105 Å². The van der Waals surface area contributed by atoms with Gasteiger partial charge in [0.15, 0.2) is 11.5 Å². The third-order valence-corrected chi connectivity index (χ3v) is 5.61. The molecule has 3 aromatic rings. The van der Waals surface area contributed by atoms with E-state index in [0.29, 0.717) is 35.1 Å². The van der Waals surface area contributed by atoms with E-state index in [9.17, 15) is 19.7 Å². The Morgan fingerprint density at radius 2 is 1.78 bits per heavy atom. The Kier molecular flexibility index (Phi) is 7.15. The van der Waals surface area contributed by atoms with Crippen molar-refractivity contribution in [1.82, 2.24) is 10.6 Å². The van der Waals surface area contributed by atoms with Crippen LogP contribution in [0.1, 0.15) is 24.1 Å². The van der Waals surface area contributed by atoms with Crippen LogP contribution in [0.3, 0.4) is 0 Å². The Morgan fingerprint density at radius 3 is 2.44 bits per heavy atom. The molecular weight excluding hydrogens is 464 g/mol. The third-order valence-electron chi connectivity index (χ3n) is 5.61. The second-order valence-electron chi connectivity index (χ2n) is 8.01. The SMILES string of the molecule is COc1cc([C@H]2NC(=O)NC(C)=C2C(=O)Nc2ccc([N+](=O)[O-])cc2)ccc1OCc1ccccc1. The van der Waals surface area contributed by atoms with Gasteiger partial charge < -0.3 is 25.4 Å². The summed E-state index contributed by atoms with van der Waals surface area (Å²) in [5.41, 5.74) is 2.57. The number of nitro groups is 1. The summed E-state index contributed by atoms with van der Waals surface area (Å²) in [5, 5.41) is 19.0. The van der Waals surface area contributed by atoms with Crippen LogP contribution in [0.4, 0.5) is 16.2 Å². The molecule has 1 aliphatic heterocycles. The van der Waals surface area contributed by atoms with E-state index in [1.165, 1.54) is 31.4 Å². The summed E-state index contributed by atoms with van der Waals surface area (Å²) in [6.45, 7) is 1.98. The second kappa shape index (κ2) is 10.6. The highest BCUT2D eigenvalue weighted by molar-refractivity contribution is 6.06. The fraction of sp³-hybridized carbons (Fsp3) is 0.154. The number of carbonyl (C=O) groups is 2. The number of ether oxygens (including phenoxy) is 2. The zero-order chi connectivity index (χ0) is 25.7. The maximum atomic E-state index is 13.2. The van der Waals surface area contributed by atoms with Crippen LogP contribution in [-0.4, -0.2) is 24.0 Å². The van der Waals surface area contributed by atoms with Crippen LogP contribution in [-0.2, 0) is 11.4 Å². The summed E-state index contributed by atoms with van der Waals surface area (Å²) in [7, 11) is 1.51. The molecule has 3 N–H and O–H groups in total. The van der Waals surface area contributed by atoms with Gasteiger partial charge in [0, 0.05) is 23.5 Å². The first-order valence-electron chi connectivity index (χ1n) is 11.0. The highest BCUT2D eigenvalue weighted by atomic mass is 16.6. The van der Waals surface area contributed by atoms with Crippen LogP contribution >= 0.6 is 0 Å². The molecule has 0 saturated heterocycles. The molecule has 0 radical (unpaired) electrons. The summed E-state index contributed by atoms with van der Waals surface area (Å²) in [5.74, 6) is 0.495. The highest BCUT2D eigenvalue weighted by Crippen LogP contribution is 2.35. The topological polar surface area (TPSA) is 132 Å². The van der Waals surface area contributed by atoms with Gasteiger partial charge in [0.05, 0.1) is 23.6 Å². The Hall–Kier alpha value is -4.86. The molecule has 3 aromatic carbocycles. The molecule has 0 bridgehead atoms. The molecule has 0 aromatic heterocycles. The number of hydrogen-bond acceptors (Lipinski definition) is 6. The first-order valence-corrected chi connectivity index (χ1v) is 11.0. The Balaban J connectivity index is 1.58. The monoisotopic (exact) mass is 488 g/mol. The molecule has 0 unspecified atom stereocenters. The lowest BCUT2D eigenvalue weighted by Gasteiger charge is -2.29. The van der Waals surface area contributed by atoms with Crippen molar-refractivity contribution in [1.29, 1.82) is 0 Å². The number of anilines is 1. The minimum absolute atomic E-state index is 0.0884. The van der Waals surface area contributed by atoms with Gasteiger partial charge in [-0.1, -0.05) is 36.4 Å².